The molecule has 0 saturated carbocycles. The molecule has 37 heavy (non-hydrogen) atoms. The Bertz CT molecular complexity index is 1710. The Balaban J connectivity index is 0.00000432. The number of nitro benzene ring substituents is 1. The van der Waals surface area contributed by atoms with E-state index < -0.39 is 72.8 Å². The number of rotatable bonds is 6. The number of fused-ring (bicyclic) bond motifs is 1. The van der Waals surface area contributed by atoms with Crippen molar-refractivity contribution in [1.82, 2.24) is 0 Å². The largest absolute Gasteiger partial charge is 1.00 e. The van der Waals surface area contributed by atoms with Gasteiger partial charge in [0.05, 0.1) is 26.0 Å². The third kappa shape index (κ3) is 8.75. The minimum absolute atomic E-state index is 0. The van der Waals surface area contributed by atoms with E-state index in [1.54, 1.807) is 0 Å². The summed E-state index contributed by atoms with van der Waals surface area (Å²) in [5.74, 6) is -1.33. The smallest absolute Gasteiger partial charge is 0.744 e. The fraction of sp³-hybridized carbons (Fsp3) is 0. The molecule has 0 unspecified atom stereocenters. The molecule has 0 fully saturated rings. The van der Waals surface area contributed by atoms with Gasteiger partial charge in [-0.2, -0.15) is 8.42 Å². The summed E-state index contributed by atoms with van der Waals surface area (Å²) >= 11 is 0. The van der Waals surface area contributed by atoms with Crippen LogP contribution in [0.4, 0.5) is 11.4 Å². The van der Waals surface area contributed by atoms with Gasteiger partial charge in [-0.3, -0.25) is 19.5 Å². The normalized spacial score (nSPS) is 11.4. The fourth-order valence-electron chi connectivity index (χ4n) is 2.93. The van der Waals surface area contributed by atoms with Gasteiger partial charge in [-0.1, -0.05) is 6.07 Å². The van der Waals surface area contributed by atoms with E-state index in [0.29, 0.717) is 18.2 Å². The topological polar surface area (TPSA) is 241 Å². The van der Waals surface area contributed by atoms with Crippen LogP contribution in [0.25, 0.3) is 10.8 Å². The summed E-state index contributed by atoms with van der Waals surface area (Å²) < 4.78 is 101. The van der Waals surface area contributed by atoms with Crippen LogP contribution in [0, 0.1) is 10.1 Å². The van der Waals surface area contributed by atoms with E-state index in [9.17, 15) is 53.8 Å². The summed E-state index contributed by atoms with van der Waals surface area (Å²) in [4.78, 5) is 19.9. The molecule has 0 atom stereocenters. The number of hydrogen-bond donors (Lipinski definition) is 2. The van der Waals surface area contributed by atoms with Crippen molar-refractivity contribution in [2.75, 3.05) is 5.32 Å². The molecule has 2 N–H and O–H groups in total. The van der Waals surface area contributed by atoms with Crippen LogP contribution in [0.5, 0.6) is 0 Å². The molecule has 0 saturated heterocycles. The fourth-order valence-corrected chi connectivity index (χ4v) is 4.67. The SMILES string of the molecule is O=C(Nc1cc(S(=O)(=O)[O-])cc2ccc(S(=O)(=O)[O-])cc12)c1ccc([N+](=O)[O-])cc1S(=O)(=O)O.[Na+].[Na+].[Na+]. The van der Waals surface area contributed by atoms with Gasteiger partial charge in [0, 0.05) is 17.5 Å². The van der Waals surface area contributed by atoms with Gasteiger partial charge in [-0.15, -0.1) is 0 Å². The van der Waals surface area contributed by atoms with E-state index in [1.807, 2.05) is 0 Å². The van der Waals surface area contributed by atoms with E-state index in [-0.39, 0.29) is 99.4 Å². The molecular weight excluding hydrogens is 589 g/mol. The Labute approximate surface area is 276 Å². The van der Waals surface area contributed by atoms with Gasteiger partial charge >= 0.3 is 88.7 Å². The van der Waals surface area contributed by atoms with Crippen molar-refractivity contribution in [3.05, 3.63) is 64.2 Å². The number of amides is 1. The van der Waals surface area contributed by atoms with Gasteiger partial charge in [-0.05, 0) is 35.7 Å². The molecule has 0 heterocycles. The van der Waals surface area contributed by atoms with Crippen LogP contribution in [-0.2, 0) is 30.4 Å². The average molecular weight is 599 g/mol. The summed E-state index contributed by atoms with van der Waals surface area (Å²) in [5.41, 5.74) is -2.09. The Morgan fingerprint density at radius 2 is 1.38 bits per heavy atom. The Morgan fingerprint density at radius 1 is 0.811 bits per heavy atom. The quantitative estimate of drug-likeness (QED) is 0.116. The van der Waals surface area contributed by atoms with Crippen LogP contribution in [-0.4, -0.2) is 49.7 Å². The number of nitrogens with zero attached hydrogens (tertiary/aromatic N) is 1. The third-order valence-corrected chi connectivity index (χ3v) is 6.96. The first-order valence-electron chi connectivity index (χ1n) is 8.55. The maximum atomic E-state index is 12.8. The Morgan fingerprint density at radius 3 is 1.86 bits per heavy atom. The summed E-state index contributed by atoms with van der Waals surface area (Å²) in [6.45, 7) is 0. The number of hydrogen-bond acceptors (Lipinski definition) is 11. The van der Waals surface area contributed by atoms with Crippen molar-refractivity contribution in [2.45, 2.75) is 14.7 Å². The summed E-state index contributed by atoms with van der Waals surface area (Å²) in [7, 11) is -15.2. The molecule has 180 valence electrons. The number of anilines is 1. The molecule has 1 amide bonds. The standard InChI is InChI=1S/C17H12N2O12S3.3Na/c20-17(13-4-2-10(19(21)22)6-16(13)34(29,30)31)18-15-8-12(33(26,27)28)5-9-1-3-11(7-14(9)15)32(23,24)25;;;/h1-8H,(H,18,20)(H,23,24,25)(H,26,27,28)(H,29,30,31);;;/q;3*+1/p-2. The zero-order valence-electron chi connectivity index (χ0n) is 19.2. The summed E-state index contributed by atoms with van der Waals surface area (Å²) in [6.07, 6.45) is 0. The monoisotopic (exact) mass is 599 g/mol. The van der Waals surface area contributed by atoms with Gasteiger partial charge < -0.3 is 14.4 Å². The number of non-ortho nitro benzene ring substituents is 1. The van der Waals surface area contributed by atoms with Gasteiger partial charge in [-0.25, -0.2) is 16.8 Å². The predicted octanol–water partition coefficient (Wildman–Crippen LogP) is -7.93. The molecule has 0 aliphatic rings. The number of carbonyl (C=O) groups excluding carboxylic acids is 1. The molecule has 20 heteroatoms. The van der Waals surface area contributed by atoms with Gasteiger partial charge in [0.2, 0.25) is 0 Å². The van der Waals surface area contributed by atoms with Crippen LogP contribution in [0.3, 0.4) is 0 Å². The van der Waals surface area contributed by atoms with Crippen molar-refractivity contribution in [2.24, 2.45) is 0 Å². The first-order valence-corrected chi connectivity index (χ1v) is 12.8. The van der Waals surface area contributed by atoms with Gasteiger partial charge in [0.1, 0.15) is 25.1 Å². The average Bonchev–Trinajstić information content (AvgIpc) is 2.70. The molecule has 0 aliphatic carbocycles. The second kappa shape index (κ2) is 13.2. The predicted molar refractivity (Wildman–Crippen MR) is 111 cm³/mol. The van der Waals surface area contributed by atoms with Crippen molar-refractivity contribution in [1.29, 1.82) is 0 Å². The number of nitrogens with one attached hydrogen (secondary N) is 1. The minimum Gasteiger partial charge on any atom is -0.744 e. The van der Waals surface area contributed by atoms with Crippen LogP contribution < -0.4 is 94.0 Å². The van der Waals surface area contributed by atoms with E-state index in [4.69, 9.17) is 0 Å². The number of nitro groups is 1. The maximum Gasteiger partial charge on any atom is 1.00 e. The third-order valence-electron chi connectivity index (χ3n) is 4.42. The van der Waals surface area contributed by atoms with E-state index >= 15 is 0 Å². The molecule has 0 radical (unpaired) electrons. The van der Waals surface area contributed by atoms with Crippen molar-refractivity contribution in [3.63, 3.8) is 0 Å². The molecule has 3 aromatic rings. The van der Waals surface area contributed by atoms with Crippen LogP contribution in [0.15, 0.2) is 63.2 Å². The molecule has 3 aromatic carbocycles. The molecule has 14 nitrogen and oxygen atoms in total. The van der Waals surface area contributed by atoms with E-state index in [0.717, 1.165) is 30.3 Å². The van der Waals surface area contributed by atoms with Gasteiger partial charge in [0.25, 0.3) is 21.7 Å². The molecule has 0 spiro atoms. The minimum atomic E-state index is -5.16. The van der Waals surface area contributed by atoms with E-state index in [1.165, 1.54) is 0 Å². The first-order chi connectivity index (χ1) is 15.5. The summed E-state index contributed by atoms with van der Waals surface area (Å²) in [5, 5.41) is 12.7. The van der Waals surface area contributed by atoms with Crippen LogP contribution >= 0.6 is 0 Å². The number of carbonyl (C=O) groups is 1. The Kier molecular flexibility index (Phi) is 13.1. The van der Waals surface area contributed by atoms with Crippen molar-refractivity contribution < 1.29 is 137 Å². The molecule has 0 aromatic heterocycles. The molecular formula is C17H10N2Na3O12S3+. The molecule has 0 aliphatic heterocycles. The molecule has 0 bridgehead atoms. The first kappa shape index (κ1) is 36.5. The van der Waals surface area contributed by atoms with Crippen LogP contribution in [0.2, 0.25) is 0 Å². The van der Waals surface area contributed by atoms with Gasteiger partial charge in [0.15, 0.2) is 0 Å². The van der Waals surface area contributed by atoms with Crippen molar-refractivity contribution in [3.8, 4) is 0 Å². The second-order valence-corrected chi connectivity index (χ2v) is 10.8. The van der Waals surface area contributed by atoms with Crippen LogP contribution in [0.1, 0.15) is 10.4 Å². The summed E-state index contributed by atoms with van der Waals surface area (Å²) in [6, 6.07) is 5.97. The molecule has 3 rings (SSSR count). The number of benzene rings is 3. The maximum absolute atomic E-state index is 12.8. The van der Waals surface area contributed by atoms with E-state index in [2.05, 4.69) is 5.32 Å². The second-order valence-electron chi connectivity index (χ2n) is 6.63. The van der Waals surface area contributed by atoms with Crippen molar-refractivity contribution >= 4 is 58.4 Å². The Hall–Kier alpha value is -0.480. The zero-order chi connectivity index (χ0) is 25.6. The zero-order valence-corrected chi connectivity index (χ0v) is 27.7.